The predicted molar refractivity (Wildman–Crippen MR) is 52.7 cm³/mol. The average molecular weight is 198 g/mol. The molecule has 14 heavy (non-hydrogen) atoms. The van der Waals surface area contributed by atoms with Gasteiger partial charge in [-0.25, -0.2) is 0 Å². The van der Waals surface area contributed by atoms with E-state index in [1.54, 1.807) is 0 Å². The average Bonchev–Trinajstić information content (AvgIpc) is 2.67. The van der Waals surface area contributed by atoms with Crippen molar-refractivity contribution in [3.05, 3.63) is 0 Å². The molecule has 80 valence electrons. The van der Waals surface area contributed by atoms with Gasteiger partial charge in [0.15, 0.2) is 0 Å². The third-order valence-corrected chi connectivity index (χ3v) is 3.20. The molecule has 1 saturated carbocycles. The number of esters is 1. The monoisotopic (exact) mass is 198 g/mol. The highest BCUT2D eigenvalue weighted by molar-refractivity contribution is 5.84. The molecule has 0 saturated heterocycles. The van der Waals surface area contributed by atoms with Gasteiger partial charge in [0, 0.05) is 5.92 Å². The molecular formula is C11H18O3. The summed E-state index contributed by atoms with van der Waals surface area (Å²) >= 11 is 0. The smallest absolute Gasteiger partial charge is 0.310 e. The summed E-state index contributed by atoms with van der Waals surface area (Å²) in [6.45, 7) is 7.68. The van der Waals surface area contributed by atoms with Gasteiger partial charge in [-0.05, 0) is 18.8 Å². The van der Waals surface area contributed by atoms with Crippen molar-refractivity contribution in [1.29, 1.82) is 0 Å². The van der Waals surface area contributed by atoms with E-state index >= 15 is 0 Å². The summed E-state index contributed by atoms with van der Waals surface area (Å²) in [4.78, 5) is 22.2. The Morgan fingerprint density at radius 2 is 2.14 bits per heavy atom. The molecule has 0 aromatic carbocycles. The molecule has 3 heteroatoms. The summed E-state index contributed by atoms with van der Waals surface area (Å²) in [5.41, 5.74) is -0.202. The van der Waals surface area contributed by atoms with Gasteiger partial charge in [0.25, 0.3) is 0 Å². The van der Waals surface area contributed by atoms with Crippen molar-refractivity contribution in [3.63, 3.8) is 0 Å². The zero-order chi connectivity index (χ0) is 10.9. The zero-order valence-corrected chi connectivity index (χ0v) is 9.24. The highest BCUT2D eigenvalue weighted by atomic mass is 16.5. The van der Waals surface area contributed by atoms with Gasteiger partial charge in [0.1, 0.15) is 6.29 Å². The van der Waals surface area contributed by atoms with Gasteiger partial charge < -0.3 is 9.53 Å². The zero-order valence-electron chi connectivity index (χ0n) is 9.24. The Morgan fingerprint density at radius 3 is 2.50 bits per heavy atom. The van der Waals surface area contributed by atoms with Crippen molar-refractivity contribution in [2.24, 2.45) is 17.3 Å². The Morgan fingerprint density at radius 1 is 1.57 bits per heavy atom. The van der Waals surface area contributed by atoms with E-state index in [1.165, 1.54) is 0 Å². The molecule has 0 bridgehead atoms. The molecule has 0 aromatic rings. The lowest BCUT2D eigenvalue weighted by Crippen LogP contribution is -2.17. The number of ether oxygens (including phenoxy) is 1. The molecule has 0 N–H and O–H groups in total. The normalized spacial score (nSPS) is 30.6. The molecule has 1 aliphatic carbocycles. The molecule has 1 aliphatic rings. The summed E-state index contributed by atoms with van der Waals surface area (Å²) in [7, 11) is 0. The van der Waals surface area contributed by atoms with Crippen LogP contribution in [0.3, 0.4) is 0 Å². The second-order valence-corrected chi connectivity index (χ2v) is 4.62. The van der Waals surface area contributed by atoms with Crippen LogP contribution in [0, 0.1) is 17.3 Å². The van der Waals surface area contributed by atoms with Crippen LogP contribution in [0.5, 0.6) is 0 Å². The fourth-order valence-electron chi connectivity index (χ4n) is 1.74. The number of carbonyl (C=O) groups excluding carboxylic acids is 2. The SMILES string of the molecule is CCC(C)OC(=O)C1C(C=O)C1(C)C. The van der Waals surface area contributed by atoms with Crippen LogP contribution in [-0.4, -0.2) is 18.4 Å². The fraction of sp³-hybridized carbons (Fsp3) is 0.818. The number of aldehydes is 1. The molecular weight excluding hydrogens is 180 g/mol. The van der Waals surface area contributed by atoms with Crippen LogP contribution in [0.25, 0.3) is 0 Å². The van der Waals surface area contributed by atoms with E-state index in [0.717, 1.165) is 12.7 Å². The minimum atomic E-state index is -0.228. The van der Waals surface area contributed by atoms with Gasteiger partial charge in [-0.2, -0.15) is 0 Å². The minimum Gasteiger partial charge on any atom is -0.462 e. The minimum absolute atomic E-state index is 0.0498. The van der Waals surface area contributed by atoms with E-state index in [-0.39, 0.29) is 29.3 Å². The second-order valence-electron chi connectivity index (χ2n) is 4.62. The highest BCUT2D eigenvalue weighted by Gasteiger charge is 2.62. The van der Waals surface area contributed by atoms with Crippen molar-refractivity contribution in [1.82, 2.24) is 0 Å². The molecule has 0 aromatic heterocycles. The van der Waals surface area contributed by atoms with Gasteiger partial charge in [-0.15, -0.1) is 0 Å². The molecule has 0 radical (unpaired) electrons. The lowest BCUT2D eigenvalue weighted by molar-refractivity contribution is -0.151. The van der Waals surface area contributed by atoms with E-state index in [2.05, 4.69) is 0 Å². The van der Waals surface area contributed by atoms with E-state index in [4.69, 9.17) is 4.74 Å². The maximum absolute atomic E-state index is 11.6. The number of carbonyl (C=O) groups is 2. The van der Waals surface area contributed by atoms with Gasteiger partial charge in [-0.1, -0.05) is 20.8 Å². The summed E-state index contributed by atoms with van der Waals surface area (Å²) in [5.74, 6) is -0.602. The molecule has 3 nitrogen and oxygen atoms in total. The van der Waals surface area contributed by atoms with E-state index in [9.17, 15) is 9.59 Å². The molecule has 3 unspecified atom stereocenters. The van der Waals surface area contributed by atoms with Crippen molar-refractivity contribution in [2.45, 2.75) is 40.2 Å². The van der Waals surface area contributed by atoms with Crippen LogP contribution < -0.4 is 0 Å². The van der Waals surface area contributed by atoms with E-state index in [1.807, 2.05) is 27.7 Å². The van der Waals surface area contributed by atoms with Crippen molar-refractivity contribution in [2.75, 3.05) is 0 Å². The Hall–Kier alpha value is -0.860. The van der Waals surface area contributed by atoms with Gasteiger partial charge in [-0.3, -0.25) is 4.79 Å². The first-order valence-corrected chi connectivity index (χ1v) is 5.11. The topological polar surface area (TPSA) is 43.4 Å². The third-order valence-electron chi connectivity index (χ3n) is 3.20. The Kier molecular flexibility index (Phi) is 2.98. The third kappa shape index (κ3) is 1.81. The first-order valence-electron chi connectivity index (χ1n) is 5.11. The quantitative estimate of drug-likeness (QED) is 0.511. The summed E-state index contributed by atoms with van der Waals surface area (Å²) < 4.78 is 5.19. The molecule has 3 atom stereocenters. The van der Waals surface area contributed by atoms with Crippen LogP contribution in [0.4, 0.5) is 0 Å². The highest BCUT2D eigenvalue weighted by Crippen LogP contribution is 2.57. The molecule has 0 heterocycles. The van der Waals surface area contributed by atoms with Crippen molar-refractivity contribution < 1.29 is 14.3 Å². The Labute approximate surface area is 84.8 Å². The van der Waals surface area contributed by atoms with Crippen LogP contribution in [0.15, 0.2) is 0 Å². The van der Waals surface area contributed by atoms with Gasteiger partial charge in [0.2, 0.25) is 0 Å². The number of hydrogen-bond acceptors (Lipinski definition) is 3. The second kappa shape index (κ2) is 3.71. The van der Waals surface area contributed by atoms with Crippen LogP contribution in [0.1, 0.15) is 34.1 Å². The lowest BCUT2D eigenvalue weighted by Gasteiger charge is -2.11. The molecule has 0 aliphatic heterocycles. The van der Waals surface area contributed by atoms with E-state index in [0.29, 0.717) is 0 Å². The first-order chi connectivity index (χ1) is 6.45. The summed E-state index contributed by atoms with van der Waals surface area (Å²) in [5, 5.41) is 0. The molecule has 1 rings (SSSR count). The first kappa shape index (κ1) is 11.2. The van der Waals surface area contributed by atoms with Crippen LogP contribution in [-0.2, 0) is 14.3 Å². The summed E-state index contributed by atoms with van der Waals surface area (Å²) in [6, 6.07) is 0. The number of hydrogen-bond donors (Lipinski definition) is 0. The lowest BCUT2D eigenvalue weighted by atomic mass is 10.1. The maximum Gasteiger partial charge on any atom is 0.310 e. The molecule has 0 spiro atoms. The molecule has 0 amide bonds. The predicted octanol–water partition coefficient (Wildman–Crippen LogP) is 1.80. The van der Waals surface area contributed by atoms with Gasteiger partial charge in [0.05, 0.1) is 12.0 Å². The Bertz CT molecular complexity index is 245. The number of rotatable bonds is 4. The van der Waals surface area contributed by atoms with Crippen molar-refractivity contribution >= 4 is 12.3 Å². The standard InChI is InChI=1S/C11H18O3/c1-5-7(2)14-10(13)9-8(6-12)11(9,3)4/h6-9H,5H2,1-4H3. The van der Waals surface area contributed by atoms with Gasteiger partial charge >= 0.3 is 5.97 Å². The van der Waals surface area contributed by atoms with Crippen LogP contribution >= 0.6 is 0 Å². The summed E-state index contributed by atoms with van der Waals surface area (Å²) in [6.07, 6.45) is 1.62. The molecule has 1 fully saturated rings. The van der Waals surface area contributed by atoms with Crippen molar-refractivity contribution in [3.8, 4) is 0 Å². The maximum atomic E-state index is 11.6. The fourth-order valence-corrected chi connectivity index (χ4v) is 1.74. The van der Waals surface area contributed by atoms with E-state index < -0.39 is 0 Å². The van der Waals surface area contributed by atoms with Crippen LogP contribution in [0.2, 0.25) is 0 Å². The largest absolute Gasteiger partial charge is 0.462 e. The Balaban J connectivity index is 2.52.